The Morgan fingerprint density at radius 1 is 1.32 bits per heavy atom. The van der Waals surface area contributed by atoms with Crippen LogP contribution < -0.4 is 10.6 Å². The van der Waals surface area contributed by atoms with Crippen molar-refractivity contribution >= 4 is 43.3 Å². The number of sulfone groups is 1. The number of benzene rings is 1. The van der Waals surface area contributed by atoms with Gasteiger partial charge in [-0.3, -0.25) is 9.59 Å². The first-order valence-electron chi connectivity index (χ1n) is 6.81. The van der Waals surface area contributed by atoms with Gasteiger partial charge >= 0.3 is 0 Å². The first-order valence-corrected chi connectivity index (χ1v) is 9.42. The quantitative estimate of drug-likeness (QED) is 0.762. The first kappa shape index (κ1) is 17.0. The summed E-state index contributed by atoms with van der Waals surface area (Å²) in [5, 5.41) is 5.23. The lowest BCUT2D eigenvalue weighted by molar-refractivity contribution is -0.127. The third kappa shape index (κ3) is 4.81. The molecule has 1 saturated heterocycles. The van der Waals surface area contributed by atoms with E-state index in [-0.39, 0.29) is 17.9 Å². The number of carbonyl (C=O) groups excluding carboxylic acids is 2. The third-order valence-corrected chi connectivity index (χ3v) is 5.74. The van der Waals surface area contributed by atoms with Crippen molar-refractivity contribution in [3.63, 3.8) is 0 Å². The van der Waals surface area contributed by atoms with Crippen molar-refractivity contribution in [1.29, 1.82) is 0 Å². The van der Waals surface area contributed by atoms with E-state index in [4.69, 9.17) is 0 Å². The molecule has 1 fully saturated rings. The molecule has 8 heteroatoms. The molecule has 0 radical (unpaired) electrons. The zero-order chi connectivity index (χ0) is 16.3. The van der Waals surface area contributed by atoms with E-state index < -0.39 is 27.7 Å². The van der Waals surface area contributed by atoms with Crippen LogP contribution in [0.25, 0.3) is 0 Å². The molecule has 1 atom stereocenters. The average molecular weight is 389 g/mol. The van der Waals surface area contributed by atoms with Crippen molar-refractivity contribution in [2.24, 2.45) is 0 Å². The normalized spacial score (nSPS) is 19.6. The summed E-state index contributed by atoms with van der Waals surface area (Å²) in [6, 6.07) is 5.07. The number of amides is 2. The summed E-state index contributed by atoms with van der Waals surface area (Å²) in [4.78, 5) is 23.6. The predicted octanol–water partition coefficient (Wildman–Crippen LogP) is 1.39. The van der Waals surface area contributed by atoms with Gasteiger partial charge < -0.3 is 10.6 Å². The highest BCUT2D eigenvalue weighted by Crippen LogP contribution is 2.23. The molecule has 1 unspecified atom stereocenters. The molecule has 0 bridgehead atoms. The van der Waals surface area contributed by atoms with Crippen molar-refractivity contribution in [2.75, 3.05) is 16.8 Å². The second-order valence-electron chi connectivity index (χ2n) is 5.38. The SMILES string of the molecule is Cc1ccc(NC(=O)CC(=O)NC2CCS(=O)(=O)C2)c(Br)c1. The molecule has 2 N–H and O–H groups in total. The van der Waals surface area contributed by atoms with Crippen LogP contribution in [0.4, 0.5) is 5.69 Å². The van der Waals surface area contributed by atoms with Crippen LogP contribution in [0.3, 0.4) is 0 Å². The first-order chi connectivity index (χ1) is 10.2. The van der Waals surface area contributed by atoms with Crippen LogP contribution in [-0.2, 0) is 19.4 Å². The van der Waals surface area contributed by atoms with Gasteiger partial charge in [0.05, 0.1) is 17.2 Å². The molecule has 0 aromatic heterocycles. The van der Waals surface area contributed by atoms with Crippen molar-refractivity contribution in [2.45, 2.75) is 25.8 Å². The molecule has 1 heterocycles. The molecular formula is C14H17BrN2O4S. The summed E-state index contributed by atoms with van der Waals surface area (Å²) in [6.07, 6.45) is 0.0655. The van der Waals surface area contributed by atoms with Crippen molar-refractivity contribution in [3.05, 3.63) is 28.2 Å². The highest BCUT2D eigenvalue weighted by molar-refractivity contribution is 9.10. The largest absolute Gasteiger partial charge is 0.352 e. The molecule has 1 aromatic carbocycles. The lowest BCUT2D eigenvalue weighted by Gasteiger charge is -2.11. The van der Waals surface area contributed by atoms with Crippen LogP contribution in [0, 0.1) is 6.92 Å². The minimum Gasteiger partial charge on any atom is -0.352 e. The lowest BCUT2D eigenvalue weighted by Crippen LogP contribution is -2.37. The number of halogens is 1. The highest BCUT2D eigenvalue weighted by Gasteiger charge is 2.29. The molecule has 1 aromatic rings. The van der Waals surface area contributed by atoms with Gasteiger partial charge in [0.1, 0.15) is 6.42 Å². The van der Waals surface area contributed by atoms with Crippen molar-refractivity contribution in [3.8, 4) is 0 Å². The van der Waals surface area contributed by atoms with E-state index in [2.05, 4.69) is 26.6 Å². The minimum absolute atomic E-state index is 0.0517. The fraction of sp³-hybridized carbons (Fsp3) is 0.429. The highest BCUT2D eigenvalue weighted by atomic mass is 79.9. The van der Waals surface area contributed by atoms with E-state index in [0.717, 1.165) is 10.0 Å². The van der Waals surface area contributed by atoms with Gasteiger partial charge in [0, 0.05) is 10.5 Å². The second kappa shape index (κ2) is 6.78. The summed E-state index contributed by atoms with van der Waals surface area (Å²) in [5.74, 6) is -0.879. The summed E-state index contributed by atoms with van der Waals surface area (Å²) in [6.45, 7) is 1.93. The van der Waals surface area contributed by atoms with Crippen LogP contribution in [0.15, 0.2) is 22.7 Å². The fourth-order valence-electron chi connectivity index (χ4n) is 2.25. The zero-order valence-corrected chi connectivity index (χ0v) is 14.5. The van der Waals surface area contributed by atoms with Crippen LogP contribution in [0.2, 0.25) is 0 Å². The molecule has 0 aliphatic carbocycles. The lowest BCUT2D eigenvalue weighted by atomic mass is 10.2. The molecule has 0 spiro atoms. The Hall–Kier alpha value is -1.41. The van der Waals surface area contributed by atoms with Crippen molar-refractivity contribution < 1.29 is 18.0 Å². The van der Waals surface area contributed by atoms with Crippen LogP contribution in [-0.4, -0.2) is 37.8 Å². The monoisotopic (exact) mass is 388 g/mol. The maximum absolute atomic E-state index is 11.9. The van der Waals surface area contributed by atoms with E-state index in [1.165, 1.54) is 0 Å². The number of carbonyl (C=O) groups is 2. The van der Waals surface area contributed by atoms with Gasteiger partial charge in [0.2, 0.25) is 11.8 Å². The Bertz CT molecular complexity index is 703. The number of hydrogen-bond acceptors (Lipinski definition) is 4. The molecule has 2 rings (SSSR count). The standard InChI is InChI=1S/C14H17BrN2O4S/c1-9-2-3-12(11(15)6-9)17-14(19)7-13(18)16-10-4-5-22(20,21)8-10/h2-3,6,10H,4-5,7-8H2,1H3,(H,16,18)(H,17,19). The van der Waals surface area contributed by atoms with Gasteiger partial charge in [0.25, 0.3) is 0 Å². The minimum atomic E-state index is -3.05. The smallest absolute Gasteiger partial charge is 0.233 e. The molecule has 6 nitrogen and oxygen atoms in total. The Kier molecular flexibility index (Phi) is 5.23. The van der Waals surface area contributed by atoms with Gasteiger partial charge in [-0.15, -0.1) is 0 Å². The fourth-order valence-corrected chi connectivity index (χ4v) is 4.52. The summed E-state index contributed by atoms with van der Waals surface area (Å²) >= 11 is 3.34. The number of nitrogens with one attached hydrogen (secondary N) is 2. The number of hydrogen-bond donors (Lipinski definition) is 2. The van der Waals surface area contributed by atoms with Gasteiger partial charge in [0.15, 0.2) is 9.84 Å². The Morgan fingerprint density at radius 2 is 2.05 bits per heavy atom. The number of aryl methyl sites for hydroxylation is 1. The summed E-state index contributed by atoms with van der Waals surface area (Å²) in [5.41, 5.74) is 1.64. The van der Waals surface area contributed by atoms with Crippen LogP contribution in [0.1, 0.15) is 18.4 Å². The summed E-state index contributed by atoms with van der Waals surface area (Å²) in [7, 11) is -3.05. The van der Waals surface area contributed by atoms with Crippen molar-refractivity contribution in [1.82, 2.24) is 5.32 Å². The molecule has 120 valence electrons. The molecule has 1 aliphatic rings. The number of anilines is 1. The van der Waals surface area contributed by atoms with Gasteiger partial charge in [-0.2, -0.15) is 0 Å². The Labute approximate surface area is 137 Å². The van der Waals surface area contributed by atoms with Gasteiger partial charge in [-0.25, -0.2) is 8.42 Å². The topological polar surface area (TPSA) is 92.3 Å². The summed E-state index contributed by atoms with van der Waals surface area (Å²) < 4.78 is 23.4. The Morgan fingerprint density at radius 3 is 2.64 bits per heavy atom. The molecule has 0 saturated carbocycles. The molecule has 1 aliphatic heterocycles. The maximum Gasteiger partial charge on any atom is 0.233 e. The zero-order valence-electron chi connectivity index (χ0n) is 12.1. The Balaban J connectivity index is 1.85. The van der Waals surface area contributed by atoms with E-state index in [1.807, 2.05) is 19.1 Å². The van der Waals surface area contributed by atoms with Gasteiger partial charge in [-0.1, -0.05) is 6.07 Å². The second-order valence-corrected chi connectivity index (χ2v) is 8.46. The average Bonchev–Trinajstić information content (AvgIpc) is 2.71. The van der Waals surface area contributed by atoms with E-state index in [0.29, 0.717) is 12.1 Å². The maximum atomic E-state index is 11.9. The number of rotatable bonds is 4. The van der Waals surface area contributed by atoms with E-state index >= 15 is 0 Å². The van der Waals surface area contributed by atoms with E-state index in [9.17, 15) is 18.0 Å². The van der Waals surface area contributed by atoms with Gasteiger partial charge in [-0.05, 0) is 47.0 Å². The molecule has 22 heavy (non-hydrogen) atoms. The van der Waals surface area contributed by atoms with E-state index in [1.54, 1.807) is 6.07 Å². The predicted molar refractivity (Wildman–Crippen MR) is 87.3 cm³/mol. The molecular weight excluding hydrogens is 372 g/mol. The third-order valence-electron chi connectivity index (χ3n) is 3.32. The van der Waals surface area contributed by atoms with Crippen LogP contribution >= 0.6 is 15.9 Å². The molecule has 2 amide bonds. The van der Waals surface area contributed by atoms with Crippen LogP contribution in [0.5, 0.6) is 0 Å².